The Morgan fingerprint density at radius 2 is 2.47 bits per heavy atom. The van der Waals surface area contributed by atoms with Gasteiger partial charge in [-0.05, 0) is 25.8 Å². The molecule has 1 fully saturated rings. The number of hydrogen-bond donors (Lipinski definition) is 0. The van der Waals surface area contributed by atoms with Crippen LogP contribution in [0.5, 0.6) is 0 Å². The molecule has 4 heteroatoms. The molecule has 2 heterocycles. The second kappa shape index (κ2) is 4.14. The zero-order chi connectivity index (χ0) is 10.8. The van der Waals surface area contributed by atoms with E-state index in [9.17, 15) is 4.79 Å². The van der Waals surface area contributed by atoms with Crippen molar-refractivity contribution in [2.24, 2.45) is 13.0 Å². The van der Waals surface area contributed by atoms with Gasteiger partial charge in [0, 0.05) is 19.6 Å². The lowest BCUT2D eigenvalue weighted by Gasteiger charge is -2.20. The number of aryl methyl sites for hydroxylation is 2. The first-order chi connectivity index (χ1) is 7.18. The third kappa shape index (κ3) is 2.09. The van der Waals surface area contributed by atoms with E-state index in [0.717, 1.165) is 25.1 Å². The molecule has 0 aromatic carbocycles. The SMILES string of the molecule is Cc1cc(C(=O)C2CCCOC2)n(C)n1. The summed E-state index contributed by atoms with van der Waals surface area (Å²) in [5, 5.41) is 4.18. The lowest BCUT2D eigenvalue weighted by atomic mass is 9.95. The Bertz CT molecular complexity index is 365. The molecular weight excluding hydrogens is 192 g/mol. The lowest BCUT2D eigenvalue weighted by molar-refractivity contribution is 0.0455. The van der Waals surface area contributed by atoms with Crippen molar-refractivity contribution in [3.8, 4) is 0 Å². The van der Waals surface area contributed by atoms with E-state index in [1.54, 1.807) is 4.68 Å². The molecule has 2 rings (SSSR count). The topological polar surface area (TPSA) is 44.1 Å². The van der Waals surface area contributed by atoms with Gasteiger partial charge in [-0.1, -0.05) is 0 Å². The summed E-state index contributed by atoms with van der Waals surface area (Å²) in [6, 6.07) is 1.84. The molecule has 0 radical (unpaired) electrons. The number of ether oxygens (including phenoxy) is 1. The summed E-state index contributed by atoms with van der Waals surface area (Å²) in [6.45, 7) is 3.24. The summed E-state index contributed by atoms with van der Waals surface area (Å²) >= 11 is 0. The van der Waals surface area contributed by atoms with E-state index >= 15 is 0 Å². The smallest absolute Gasteiger partial charge is 0.186 e. The Morgan fingerprint density at radius 3 is 3.00 bits per heavy atom. The number of carbonyl (C=O) groups excluding carboxylic acids is 1. The molecule has 0 spiro atoms. The van der Waals surface area contributed by atoms with Gasteiger partial charge in [-0.3, -0.25) is 9.48 Å². The average molecular weight is 208 g/mol. The van der Waals surface area contributed by atoms with Crippen molar-refractivity contribution in [1.82, 2.24) is 9.78 Å². The Morgan fingerprint density at radius 1 is 1.67 bits per heavy atom. The van der Waals surface area contributed by atoms with Crippen LogP contribution in [0.2, 0.25) is 0 Å². The quantitative estimate of drug-likeness (QED) is 0.689. The highest BCUT2D eigenvalue weighted by atomic mass is 16.5. The largest absolute Gasteiger partial charge is 0.381 e. The fraction of sp³-hybridized carbons (Fsp3) is 0.636. The number of carbonyl (C=O) groups is 1. The van der Waals surface area contributed by atoms with E-state index in [-0.39, 0.29) is 11.7 Å². The molecule has 1 saturated heterocycles. The molecule has 0 bridgehead atoms. The van der Waals surface area contributed by atoms with E-state index in [2.05, 4.69) is 5.10 Å². The highest BCUT2D eigenvalue weighted by Gasteiger charge is 2.25. The van der Waals surface area contributed by atoms with Crippen LogP contribution in [0.15, 0.2) is 6.07 Å². The van der Waals surface area contributed by atoms with Gasteiger partial charge >= 0.3 is 0 Å². The molecule has 0 saturated carbocycles. The first-order valence-corrected chi connectivity index (χ1v) is 5.31. The Hall–Kier alpha value is -1.16. The van der Waals surface area contributed by atoms with Crippen LogP contribution < -0.4 is 0 Å². The fourth-order valence-electron chi connectivity index (χ4n) is 2.00. The molecule has 4 nitrogen and oxygen atoms in total. The monoisotopic (exact) mass is 208 g/mol. The molecule has 0 amide bonds. The molecule has 15 heavy (non-hydrogen) atoms. The molecule has 1 unspecified atom stereocenters. The van der Waals surface area contributed by atoms with Crippen LogP contribution in [-0.4, -0.2) is 28.8 Å². The van der Waals surface area contributed by atoms with Gasteiger partial charge in [-0.15, -0.1) is 0 Å². The van der Waals surface area contributed by atoms with Crippen molar-refractivity contribution in [2.75, 3.05) is 13.2 Å². The van der Waals surface area contributed by atoms with Crippen molar-refractivity contribution >= 4 is 5.78 Å². The van der Waals surface area contributed by atoms with Crippen LogP contribution in [0.1, 0.15) is 29.0 Å². The van der Waals surface area contributed by atoms with E-state index in [1.807, 2.05) is 20.0 Å². The minimum absolute atomic E-state index is 0.0218. The highest BCUT2D eigenvalue weighted by molar-refractivity contribution is 5.96. The van der Waals surface area contributed by atoms with E-state index in [0.29, 0.717) is 12.3 Å². The molecule has 1 aliphatic rings. The van der Waals surface area contributed by atoms with Crippen LogP contribution in [0.25, 0.3) is 0 Å². The van der Waals surface area contributed by atoms with E-state index in [4.69, 9.17) is 4.74 Å². The van der Waals surface area contributed by atoms with Crippen molar-refractivity contribution in [2.45, 2.75) is 19.8 Å². The lowest BCUT2D eigenvalue weighted by Crippen LogP contribution is -2.26. The van der Waals surface area contributed by atoms with Crippen molar-refractivity contribution in [3.63, 3.8) is 0 Å². The molecule has 0 aliphatic carbocycles. The minimum atomic E-state index is 0.0218. The van der Waals surface area contributed by atoms with Crippen LogP contribution in [0.4, 0.5) is 0 Å². The summed E-state index contributed by atoms with van der Waals surface area (Å²) in [7, 11) is 1.81. The average Bonchev–Trinajstić information content (AvgIpc) is 2.58. The molecule has 82 valence electrons. The van der Waals surface area contributed by atoms with Crippen LogP contribution in [0.3, 0.4) is 0 Å². The molecule has 1 aromatic heterocycles. The molecule has 1 aromatic rings. The predicted molar refractivity (Wildman–Crippen MR) is 55.8 cm³/mol. The minimum Gasteiger partial charge on any atom is -0.381 e. The normalized spacial score (nSPS) is 21.6. The Kier molecular flexibility index (Phi) is 2.86. The zero-order valence-corrected chi connectivity index (χ0v) is 9.19. The van der Waals surface area contributed by atoms with E-state index < -0.39 is 0 Å². The second-order valence-electron chi connectivity index (χ2n) is 4.07. The van der Waals surface area contributed by atoms with Gasteiger partial charge in [0.05, 0.1) is 12.3 Å². The van der Waals surface area contributed by atoms with Crippen LogP contribution >= 0.6 is 0 Å². The van der Waals surface area contributed by atoms with Gasteiger partial charge in [0.1, 0.15) is 5.69 Å². The maximum absolute atomic E-state index is 12.1. The van der Waals surface area contributed by atoms with Gasteiger partial charge in [-0.25, -0.2) is 0 Å². The van der Waals surface area contributed by atoms with Crippen molar-refractivity contribution in [1.29, 1.82) is 0 Å². The second-order valence-corrected chi connectivity index (χ2v) is 4.07. The summed E-state index contributed by atoms with van der Waals surface area (Å²) in [4.78, 5) is 12.1. The first-order valence-electron chi connectivity index (χ1n) is 5.31. The maximum atomic E-state index is 12.1. The third-order valence-electron chi connectivity index (χ3n) is 2.79. The Balaban J connectivity index is 2.16. The third-order valence-corrected chi connectivity index (χ3v) is 2.79. The van der Waals surface area contributed by atoms with Crippen molar-refractivity contribution < 1.29 is 9.53 Å². The van der Waals surface area contributed by atoms with Crippen molar-refractivity contribution in [3.05, 3.63) is 17.5 Å². The number of nitrogens with zero attached hydrogens (tertiary/aromatic N) is 2. The van der Waals surface area contributed by atoms with Crippen LogP contribution in [0, 0.1) is 12.8 Å². The fourth-order valence-corrected chi connectivity index (χ4v) is 2.00. The summed E-state index contributed by atoms with van der Waals surface area (Å²) in [6.07, 6.45) is 1.91. The predicted octanol–water partition coefficient (Wildman–Crippen LogP) is 1.34. The molecular formula is C11H16N2O2. The summed E-state index contributed by atoms with van der Waals surface area (Å²) in [5.74, 6) is 0.186. The van der Waals surface area contributed by atoms with Gasteiger partial charge in [0.15, 0.2) is 5.78 Å². The number of Topliss-reactive ketones (excluding diaryl/α,β-unsaturated/α-hetero) is 1. The maximum Gasteiger partial charge on any atom is 0.186 e. The first kappa shape index (κ1) is 10.4. The summed E-state index contributed by atoms with van der Waals surface area (Å²) in [5.41, 5.74) is 1.58. The van der Waals surface area contributed by atoms with E-state index in [1.165, 1.54) is 0 Å². The van der Waals surface area contributed by atoms with Gasteiger partial charge in [0.25, 0.3) is 0 Å². The molecule has 1 aliphatic heterocycles. The Labute approximate surface area is 89.2 Å². The van der Waals surface area contributed by atoms with Gasteiger partial charge < -0.3 is 4.74 Å². The number of hydrogen-bond acceptors (Lipinski definition) is 3. The molecule has 1 atom stereocenters. The standard InChI is InChI=1S/C11H16N2O2/c1-8-6-10(13(2)12-8)11(14)9-4-3-5-15-7-9/h6,9H,3-5,7H2,1-2H3. The number of aromatic nitrogens is 2. The highest BCUT2D eigenvalue weighted by Crippen LogP contribution is 2.19. The van der Waals surface area contributed by atoms with Gasteiger partial charge in [-0.2, -0.15) is 5.10 Å². The summed E-state index contributed by atoms with van der Waals surface area (Å²) < 4.78 is 6.98. The van der Waals surface area contributed by atoms with Gasteiger partial charge in [0.2, 0.25) is 0 Å². The van der Waals surface area contributed by atoms with Crippen LogP contribution in [-0.2, 0) is 11.8 Å². The number of rotatable bonds is 2. The molecule has 0 N–H and O–H groups in total. The number of ketones is 1. The zero-order valence-electron chi connectivity index (χ0n) is 9.19.